The predicted octanol–water partition coefficient (Wildman–Crippen LogP) is 0.546. The summed E-state index contributed by atoms with van der Waals surface area (Å²) in [6.45, 7) is 1.55. The smallest absolute Gasteiger partial charge is 0.217 e. The van der Waals surface area contributed by atoms with Crippen LogP contribution in [0.2, 0.25) is 0 Å². The fourth-order valence-electron chi connectivity index (χ4n) is 2.79. The van der Waals surface area contributed by atoms with E-state index < -0.39 is 30.8 Å². The minimum Gasteiger partial charge on any atom is -0.353 e. The Morgan fingerprint density at radius 2 is 2.00 bits per heavy atom. The maximum atomic E-state index is 12.7. The second-order valence-corrected chi connectivity index (χ2v) is 5.49. The number of fused-ring (bicyclic) bond motifs is 1. The summed E-state index contributed by atoms with van der Waals surface area (Å²) >= 11 is 0. The van der Waals surface area contributed by atoms with Crippen LogP contribution in [0.4, 0.5) is 0 Å². The maximum absolute atomic E-state index is 12.7. The molecule has 1 aromatic carbocycles. The van der Waals surface area contributed by atoms with E-state index in [4.69, 9.17) is 18.9 Å². The van der Waals surface area contributed by atoms with Gasteiger partial charge in [0.25, 0.3) is 0 Å². The molecule has 1 aromatic rings. The van der Waals surface area contributed by atoms with Gasteiger partial charge in [-0.15, -0.1) is 0 Å². The zero-order valence-corrected chi connectivity index (χ0v) is 12.9. The normalized spacial score (nSPS) is 33.8. The van der Waals surface area contributed by atoms with Crippen LogP contribution in [0.15, 0.2) is 30.3 Å². The minimum atomic E-state index is -0.895. The van der Waals surface area contributed by atoms with Crippen molar-refractivity contribution in [1.29, 1.82) is 0 Å². The molecule has 7 heteroatoms. The predicted molar refractivity (Wildman–Crippen MR) is 78.3 cm³/mol. The highest BCUT2D eigenvalue weighted by molar-refractivity contribution is 5.93. The van der Waals surface area contributed by atoms with Crippen LogP contribution in [-0.4, -0.2) is 49.9 Å². The Morgan fingerprint density at radius 3 is 2.65 bits per heavy atom. The third kappa shape index (κ3) is 3.28. The monoisotopic (exact) mass is 321 g/mol. The standard InChI is InChI=1S/C16H19NO6/c1-9(18)17-12-13(19)14-11(22-16(12)20-2)8-21-15(23-14)10-6-4-3-5-7-10/h3-7,11-12,14-16H,8H2,1-2H3,(H,17,18)/t11-,12-,14-,15-,16+/m1/s1. The largest absolute Gasteiger partial charge is 0.353 e. The Hall–Kier alpha value is -1.80. The van der Waals surface area contributed by atoms with Crippen LogP contribution < -0.4 is 5.32 Å². The van der Waals surface area contributed by atoms with Crippen molar-refractivity contribution in [2.45, 2.75) is 37.8 Å². The lowest BCUT2D eigenvalue weighted by Gasteiger charge is -2.43. The van der Waals surface area contributed by atoms with Gasteiger partial charge in [0.05, 0.1) is 6.61 Å². The number of benzene rings is 1. The maximum Gasteiger partial charge on any atom is 0.217 e. The third-order valence-corrected chi connectivity index (χ3v) is 3.85. The van der Waals surface area contributed by atoms with Gasteiger partial charge >= 0.3 is 0 Å². The van der Waals surface area contributed by atoms with Crippen molar-refractivity contribution in [2.75, 3.05) is 13.7 Å². The van der Waals surface area contributed by atoms with Crippen LogP contribution in [0.1, 0.15) is 18.8 Å². The molecule has 2 fully saturated rings. The van der Waals surface area contributed by atoms with Gasteiger partial charge in [-0.3, -0.25) is 9.59 Å². The van der Waals surface area contributed by atoms with Crippen LogP contribution in [0, 0.1) is 0 Å². The average Bonchev–Trinajstić information content (AvgIpc) is 2.57. The van der Waals surface area contributed by atoms with E-state index in [0.717, 1.165) is 5.56 Å². The van der Waals surface area contributed by atoms with Crippen molar-refractivity contribution in [1.82, 2.24) is 5.32 Å². The number of carbonyl (C=O) groups is 2. The second kappa shape index (κ2) is 6.76. The lowest BCUT2D eigenvalue weighted by atomic mass is 9.97. The molecule has 0 radical (unpaired) electrons. The fourth-order valence-corrected chi connectivity index (χ4v) is 2.79. The van der Waals surface area contributed by atoms with Gasteiger partial charge < -0.3 is 24.3 Å². The second-order valence-electron chi connectivity index (χ2n) is 5.49. The summed E-state index contributed by atoms with van der Waals surface area (Å²) in [6.07, 6.45) is -2.86. The van der Waals surface area contributed by atoms with E-state index in [-0.39, 0.29) is 18.3 Å². The molecule has 0 bridgehead atoms. The number of ketones is 1. The number of amides is 1. The Labute approximate surface area is 133 Å². The molecule has 0 unspecified atom stereocenters. The Kier molecular flexibility index (Phi) is 4.72. The SMILES string of the molecule is CO[C@H]1O[C@@H]2CO[C@@H](c3ccccc3)O[C@H]2C(=O)[C@H]1NC(C)=O. The van der Waals surface area contributed by atoms with Crippen molar-refractivity contribution in [3.63, 3.8) is 0 Å². The third-order valence-electron chi connectivity index (χ3n) is 3.85. The topological polar surface area (TPSA) is 83.1 Å². The zero-order chi connectivity index (χ0) is 16.4. The van der Waals surface area contributed by atoms with E-state index in [1.54, 1.807) is 0 Å². The molecule has 0 saturated carbocycles. The van der Waals surface area contributed by atoms with Crippen molar-refractivity contribution < 1.29 is 28.5 Å². The number of ether oxygens (including phenoxy) is 4. The summed E-state index contributed by atoms with van der Waals surface area (Å²) in [7, 11) is 1.42. The summed E-state index contributed by atoms with van der Waals surface area (Å²) in [5, 5.41) is 2.56. The van der Waals surface area contributed by atoms with Crippen LogP contribution in [0.3, 0.4) is 0 Å². The molecule has 124 valence electrons. The molecule has 2 aliphatic rings. The van der Waals surface area contributed by atoms with Crippen LogP contribution in [-0.2, 0) is 28.5 Å². The van der Waals surface area contributed by atoms with Gasteiger partial charge in [0.1, 0.15) is 18.2 Å². The van der Waals surface area contributed by atoms with Crippen molar-refractivity contribution in [3.05, 3.63) is 35.9 Å². The van der Waals surface area contributed by atoms with E-state index in [9.17, 15) is 9.59 Å². The first-order chi connectivity index (χ1) is 11.1. The Morgan fingerprint density at radius 1 is 1.26 bits per heavy atom. The fraction of sp³-hybridized carbons (Fsp3) is 0.500. The van der Waals surface area contributed by atoms with Crippen molar-refractivity contribution in [2.24, 2.45) is 0 Å². The number of nitrogens with one attached hydrogen (secondary N) is 1. The van der Waals surface area contributed by atoms with Crippen molar-refractivity contribution in [3.8, 4) is 0 Å². The summed E-state index contributed by atoms with van der Waals surface area (Å²) in [6, 6.07) is 8.46. The molecule has 2 aliphatic heterocycles. The number of hydrogen-bond donors (Lipinski definition) is 1. The molecule has 0 aromatic heterocycles. The quantitative estimate of drug-likeness (QED) is 0.875. The lowest BCUT2D eigenvalue weighted by Crippen LogP contribution is -2.64. The highest BCUT2D eigenvalue weighted by atomic mass is 16.7. The van der Waals surface area contributed by atoms with E-state index in [0.29, 0.717) is 0 Å². The molecule has 1 N–H and O–H groups in total. The average molecular weight is 321 g/mol. The van der Waals surface area contributed by atoms with Gasteiger partial charge in [0.2, 0.25) is 5.91 Å². The Balaban J connectivity index is 1.77. The van der Waals surface area contributed by atoms with E-state index >= 15 is 0 Å². The molecule has 0 spiro atoms. The summed E-state index contributed by atoms with van der Waals surface area (Å²) in [5.74, 6) is -0.605. The van der Waals surface area contributed by atoms with Gasteiger partial charge in [-0.25, -0.2) is 0 Å². The van der Waals surface area contributed by atoms with Crippen molar-refractivity contribution >= 4 is 11.7 Å². The number of carbonyl (C=O) groups excluding carboxylic acids is 2. The van der Waals surface area contributed by atoms with Gasteiger partial charge in [-0.2, -0.15) is 0 Å². The summed E-state index contributed by atoms with van der Waals surface area (Å²) < 4.78 is 22.3. The van der Waals surface area contributed by atoms with Gasteiger partial charge in [-0.05, 0) is 0 Å². The molecular weight excluding hydrogens is 302 g/mol. The number of Topliss-reactive ketones (excluding diaryl/α,β-unsaturated/α-hetero) is 1. The minimum absolute atomic E-state index is 0.211. The van der Waals surface area contributed by atoms with Crippen LogP contribution in [0.5, 0.6) is 0 Å². The molecule has 0 aliphatic carbocycles. The van der Waals surface area contributed by atoms with Crippen LogP contribution >= 0.6 is 0 Å². The highest BCUT2D eigenvalue weighted by Crippen LogP contribution is 2.32. The Bertz CT molecular complexity index is 577. The molecule has 2 heterocycles. The summed E-state index contributed by atoms with van der Waals surface area (Å²) in [5.41, 5.74) is 0.823. The summed E-state index contributed by atoms with van der Waals surface area (Å²) in [4.78, 5) is 24.0. The van der Waals surface area contributed by atoms with E-state index in [2.05, 4.69) is 5.32 Å². The van der Waals surface area contributed by atoms with Gasteiger partial charge in [0.15, 0.2) is 18.4 Å². The van der Waals surface area contributed by atoms with E-state index in [1.165, 1.54) is 14.0 Å². The molecule has 5 atom stereocenters. The molecule has 23 heavy (non-hydrogen) atoms. The van der Waals surface area contributed by atoms with Gasteiger partial charge in [-0.1, -0.05) is 30.3 Å². The molecule has 1 amide bonds. The first-order valence-electron chi connectivity index (χ1n) is 7.41. The lowest BCUT2D eigenvalue weighted by molar-refractivity contribution is -0.302. The van der Waals surface area contributed by atoms with Gasteiger partial charge in [0, 0.05) is 19.6 Å². The molecule has 7 nitrogen and oxygen atoms in total. The zero-order valence-electron chi connectivity index (χ0n) is 12.9. The van der Waals surface area contributed by atoms with Crippen LogP contribution in [0.25, 0.3) is 0 Å². The molecule has 2 saturated heterocycles. The first kappa shape index (κ1) is 16.1. The highest BCUT2D eigenvalue weighted by Gasteiger charge is 2.49. The number of methoxy groups -OCH3 is 1. The first-order valence-corrected chi connectivity index (χ1v) is 7.41. The number of hydrogen-bond acceptors (Lipinski definition) is 6. The van der Waals surface area contributed by atoms with E-state index in [1.807, 2.05) is 30.3 Å². The molecule has 3 rings (SSSR count). The number of rotatable bonds is 3. The molecular formula is C16H19NO6.